The van der Waals surface area contributed by atoms with Crippen LogP contribution in [0.2, 0.25) is 0 Å². The molecule has 1 atom stereocenters. The number of nitrogens with zero attached hydrogens (tertiary/aromatic N) is 2. The predicted octanol–water partition coefficient (Wildman–Crippen LogP) is 3.24. The van der Waals surface area contributed by atoms with Crippen molar-refractivity contribution in [1.29, 1.82) is 0 Å². The summed E-state index contributed by atoms with van der Waals surface area (Å²) in [5.74, 6) is -0.228. The molecule has 0 fully saturated rings. The second kappa shape index (κ2) is 7.30. The Kier molecular flexibility index (Phi) is 4.93. The molecule has 2 heterocycles. The van der Waals surface area contributed by atoms with Crippen molar-refractivity contribution in [3.63, 3.8) is 0 Å². The number of hydrogen-bond donors (Lipinski definition) is 0. The highest BCUT2D eigenvalue weighted by Gasteiger charge is 2.13. The molecule has 0 unspecified atom stereocenters. The lowest BCUT2D eigenvalue weighted by Crippen LogP contribution is -2.17. The van der Waals surface area contributed by atoms with E-state index in [2.05, 4.69) is 4.98 Å². The molecule has 1 aromatic carbocycles. The molecule has 3 aromatic rings. The monoisotopic (exact) mass is 336 g/mol. The minimum absolute atomic E-state index is 0.000414. The van der Waals surface area contributed by atoms with E-state index in [1.165, 1.54) is 10.5 Å². The van der Waals surface area contributed by atoms with Crippen LogP contribution in [0.1, 0.15) is 36.1 Å². The zero-order chi connectivity index (χ0) is 17.8. The van der Waals surface area contributed by atoms with Gasteiger partial charge in [0.2, 0.25) is 0 Å². The number of pyridine rings is 1. The van der Waals surface area contributed by atoms with Crippen LogP contribution in [0, 0.1) is 6.92 Å². The molecular formula is C20H20N2O3. The van der Waals surface area contributed by atoms with Gasteiger partial charge in [-0.1, -0.05) is 43.3 Å². The molecule has 0 bridgehead atoms. The van der Waals surface area contributed by atoms with Crippen molar-refractivity contribution >= 4 is 11.6 Å². The van der Waals surface area contributed by atoms with Gasteiger partial charge in [-0.25, -0.2) is 4.98 Å². The molecule has 0 N–H and O–H groups in total. The second-order valence-corrected chi connectivity index (χ2v) is 6.15. The first kappa shape index (κ1) is 16.9. The molecule has 5 nitrogen and oxygen atoms in total. The smallest absolute Gasteiger partial charge is 0.306 e. The number of carbonyl (C=O) groups is 1. The number of benzene rings is 1. The first-order valence-corrected chi connectivity index (χ1v) is 8.23. The molecule has 0 radical (unpaired) electrons. The molecule has 5 heteroatoms. The fourth-order valence-electron chi connectivity index (χ4n) is 2.75. The van der Waals surface area contributed by atoms with Crippen molar-refractivity contribution in [2.75, 3.05) is 0 Å². The third-order valence-electron chi connectivity index (χ3n) is 4.16. The Labute approximate surface area is 145 Å². The fraction of sp³-hybridized carbons (Fsp3) is 0.250. The molecule has 2 aromatic heterocycles. The van der Waals surface area contributed by atoms with Crippen LogP contribution in [0.25, 0.3) is 5.65 Å². The Morgan fingerprint density at radius 3 is 2.72 bits per heavy atom. The number of esters is 1. The average molecular weight is 336 g/mol. The third kappa shape index (κ3) is 3.94. The van der Waals surface area contributed by atoms with E-state index in [1.54, 1.807) is 12.3 Å². The zero-order valence-corrected chi connectivity index (χ0v) is 14.3. The minimum atomic E-state index is -0.303. The van der Waals surface area contributed by atoms with Gasteiger partial charge in [-0.05, 0) is 30.0 Å². The van der Waals surface area contributed by atoms with Crippen molar-refractivity contribution in [2.45, 2.75) is 32.8 Å². The predicted molar refractivity (Wildman–Crippen MR) is 95.5 cm³/mol. The van der Waals surface area contributed by atoms with Crippen molar-refractivity contribution in [1.82, 2.24) is 9.38 Å². The summed E-state index contributed by atoms with van der Waals surface area (Å²) < 4.78 is 6.80. The first-order valence-electron chi connectivity index (χ1n) is 8.23. The average Bonchev–Trinajstić information content (AvgIpc) is 2.61. The number of carbonyl (C=O) groups excluding carboxylic acids is 1. The van der Waals surface area contributed by atoms with E-state index < -0.39 is 0 Å². The summed E-state index contributed by atoms with van der Waals surface area (Å²) in [6.45, 7) is 3.88. The molecular weight excluding hydrogens is 316 g/mol. The van der Waals surface area contributed by atoms with Gasteiger partial charge in [0.25, 0.3) is 5.56 Å². The van der Waals surface area contributed by atoms with Gasteiger partial charge in [-0.2, -0.15) is 0 Å². The first-order chi connectivity index (χ1) is 12.0. The Balaban J connectivity index is 1.67. The number of hydrogen-bond acceptors (Lipinski definition) is 4. The van der Waals surface area contributed by atoms with Crippen LogP contribution >= 0.6 is 0 Å². The topological polar surface area (TPSA) is 60.7 Å². The lowest BCUT2D eigenvalue weighted by molar-refractivity contribution is -0.145. The van der Waals surface area contributed by atoms with E-state index in [0.717, 1.165) is 11.1 Å². The normalized spacial score (nSPS) is 12.1. The highest BCUT2D eigenvalue weighted by atomic mass is 16.5. The van der Waals surface area contributed by atoms with Gasteiger partial charge in [0.15, 0.2) is 0 Å². The standard InChI is InChI=1S/C20H20N2O3/c1-14-7-6-10-22-18(23)12-17(21-20(14)22)13-25-19(24)11-15(2)16-8-4-3-5-9-16/h3-10,12,15H,11,13H2,1-2H3/t15-/m0/s1. The summed E-state index contributed by atoms with van der Waals surface area (Å²) in [7, 11) is 0. The summed E-state index contributed by atoms with van der Waals surface area (Å²) in [5.41, 5.74) is 2.85. The SMILES string of the molecule is Cc1cccn2c(=O)cc(COC(=O)C[C@H](C)c3ccccc3)nc12. The number of aryl methyl sites for hydroxylation is 1. The fourth-order valence-corrected chi connectivity index (χ4v) is 2.75. The van der Waals surface area contributed by atoms with Crippen molar-refractivity contribution in [3.8, 4) is 0 Å². The van der Waals surface area contributed by atoms with Crippen LogP contribution in [-0.2, 0) is 16.1 Å². The minimum Gasteiger partial charge on any atom is -0.459 e. The van der Waals surface area contributed by atoms with Crippen LogP contribution in [0.5, 0.6) is 0 Å². The summed E-state index contributed by atoms with van der Waals surface area (Å²) in [6, 6.07) is 14.9. The second-order valence-electron chi connectivity index (χ2n) is 6.15. The quantitative estimate of drug-likeness (QED) is 0.671. The molecule has 0 aliphatic carbocycles. The summed E-state index contributed by atoms with van der Waals surface area (Å²) in [5, 5.41) is 0. The van der Waals surface area contributed by atoms with Gasteiger partial charge in [0.05, 0.1) is 12.1 Å². The van der Waals surface area contributed by atoms with Crippen molar-refractivity contribution < 1.29 is 9.53 Å². The van der Waals surface area contributed by atoms with Crippen LogP contribution in [0.4, 0.5) is 0 Å². The molecule has 128 valence electrons. The highest BCUT2D eigenvalue weighted by Crippen LogP contribution is 2.19. The van der Waals surface area contributed by atoms with E-state index in [-0.39, 0.29) is 30.5 Å². The number of aromatic nitrogens is 2. The maximum atomic E-state index is 12.1. The molecule has 0 saturated carbocycles. The Morgan fingerprint density at radius 1 is 1.20 bits per heavy atom. The van der Waals surface area contributed by atoms with E-state index in [0.29, 0.717) is 11.3 Å². The molecule has 25 heavy (non-hydrogen) atoms. The third-order valence-corrected chi connectivity index (χ3v) is 4.16. The maximum absolute atomic E-state index is 12.1. The summed E-state index contributed by atoms with van der Waals surface area (Å²) >= 11 is 0. The van der Waals surface area contributed by atoms with Gasteiger partial charge < -0.3 is 4.74 Å². The van der Waals surface area contributed by atoms with Gasteiger partial charge in [-0.15, -0.1) is 0 Å². The van der Waals surface area contributed by atoms with Crippen LogP contribution in [-0.4, -0.2) is 15.4 Å². The van der Waals surface area contributed by atoms with Crippen molar-refractivity contribution in [3.05, 3.63) is 81.9 Å². The summed E-state index contributed by atoms with van der Waals surface area (Å²) in [4.78, 5) is 28.7. The van der Waals surface area contributed by atoms with Crippen LogP contribution in [0.3, 0.4) is 0 Å². The van der Waals surface area contributed by atoms with Crippen molar-refractivity contribution in [2.24, 2.45) is 0 Å². The van der Waals surface area contributed by atoms with Gasteiger partial charge in [-0.3, -0.25) is 14.0 Å². The highest BCUT2D eigenvalue weighted by molar-refractivity contribution is 5.70. The molecule has 0 spiro atoms. The molecule has 3 rings (SSSR count). The van der Waals surface area contributed by atoms with E-state index in [1.807, 2.05) is 50.2 Å². The lowest BCUT2D eigenvalue weighted by Gasteiger charge is -2.11. The lowest BCUT2D eigenvalue weighted by atomic mass is 9.98. The number of ether oxygens (including phenoxy) is 1. The van der Waals surface area contributed by atoms with Gasteiger partial charge in [0.1, 0.15) is 12.3 Å². The van der Waals surface area contributed by atoms with E-state index in [4.69, 9.17) is 4.74 Å². The van der Waals surface area contributed by atoms with Gasteiger partial charge >= 0.3 is 5.97 Å². The number of rotatable bonds is 5. The maximum Gasteiger partial charge on any atom is 0.306 e. The number of fused-ring (bicyclic) bond motifs is 1. The van der Waals surface area contributed by atoms with E-state index in [9.17, 15) is 9.59 Å². The molecule has 0 aliphatic rings. The zero-order valence-electron chi connectivity index (χ0n) is 14.3. The Bertz CT molecular complexity index is 948. The Morgan fingerprint density at radius 2 is 1.96 bits per heavy atom. The van der Waals surface area contributed by atoms with E-state index >= 15 is 0 Å². The summed E-state index contributed by atoms with van der Waals surface area (Å²) in [6.07, 6.45) is 1.96. The van der Waals surface area contributed by atoms with Gasteiger partial charge in [0, 0.05) is 12.3 Å². The molecule has 0 saturated heterocycles. The largest absolute Gasteiger partial charge is 0.459 e. The molecule has 0 aliphatic heterocycles. The Hall–Kier alpha value is -2.95. The van der Waals surface area contributed by atoms with Crippen LogP contribution < -0.4 is 5.56 Å². The molecule has 0 amide bonds. The van der Waals surface area contributed by atoms with Crippen LogP contribution in [0.15, 0.2) is 59.5 Å².